The molecule has 0 unspecified atom stereocenters. The molecule has 1 aliphatic rings. The molecule has 0 radical (unpaired) electrons. The van der Waals surface area contributed by atoms with Crippen LogP contribution in [0.2, 0.25) is 0 Å². The monoisotopic (exact) mass is 431 g/mol. The van der Waals surface area contributed by atoms with Gasteiger partial charge in [-0.05, 0) is 73.7 Å². The summed E-state index contributed by atoms with van der Waals surface area (Å²) in [5.41, 5.74) is 3.70. The van der Waals surface area contributed by atoms with Gasteiger partial charge in [0.15, 0.2) is 6.61 Å². The van der Waals surface area contributed by atoms with Gasteiger partial charge < -0.3 is 15.4 Å². The zero-order valence-electron chi connectivity index (χ0n) is 18.6. The highest BCUT2D eigenvalue weighted by Gasteiger charge is 2.18. The molecule has 166 valence electrons. The molecule has 1 fully saturated rings. The first-order chi connectivity index (χ1) is 15.4. The third-order valence-electron chi connectivity index (χ3n) is 5.64. The van der Waals surface area contributed by atoms with Crippen LogP contribution in [-0.4, -0.2) is 24.5 Å². The molecule has 2 aromatic carbocycles. The van der Waals surface area contributed by atoms with E-state index in [4.69, 9.17) is 4.74 Å². The van der Waals surface area contributed by atoms with Crippen LogP contribution in [-0.2, 0) is 9.59 Å². The Morgan fingerprint density at radius 1 is 1.09 bits per heavy atom. The number of nitriles is 1. The molecule has 0 aliphatic heterocycles. The predicted octanol–water partition coefficient (Wildman–Crippen LogP) is 4.68. The lowest BCUT2D eigenvalue weighted by atomic mass is 9.95. The summed E-state index contributed by atoms with van der Waals surface area (Å²) in [5.74, 6) is -0.128. The van der Waals surface area contributed by atoms with E-state index in [0.29, 0.717) is 11.3 Å². The number of amides is 2. The topological polar surface area (TPSA) is 91.2 Å². The van der Waals surface area contributed by atoms with Crippen LogP contribution < -0.4 is 15.4 Å². The quantitative estimate of drug-likeness (QED) is 0.492. The average molecular weight is 432 g/mol. The van der Waals surface area contributed by atoms with E-state index in [9.17, 15) is 14.9 Å². The fourth-order valence-corrected chi connectivity index (χ4v) is 3.68. The SMILES string of the molecule is Cc1ccc(NC(=O)COc2cccc(C=C(C#N)C(=O)NC3CCCCC3)c2)cc1C. The van der Waals surface area contributed by atoms with Crippen LogP contribution in [0.15, 0.2) is 48.0 Å². The van der Waals surface area contributed by atoms with Gasteiger partial charge in [0.2, 0.25) is 0 Å². The number of hydrogen-bond donors (Lipinski definition) is 2. The minimum atomic E-state index is -0.349. The number of hydrogen-bond acceptors (Lipinski definition) is 4. The Bertz CT molecular complexity index is 1050. The van der Waals surface area contributed by atoms with E-state index in [-0.39, 0.29) is 30.0 Å². The van der Waals surface area contributed by atoms with Crippen LogP contribution in [0, 0.1) is 25.2 Å². The minimum Gasteiger partial charge on any atom is -0.484 e. The fraction of sp³-hybridized carbons (Fsp3) is 0.346. The van der Waals surface area contributed by atoms with Crippen molar-refractivity contribution in [3.05, 3.63) is 64.7 Å². The molecule has 2 aromatic rings. The van der Waals surface area contributed by atoms with E-state index >= 15 is 0 Å². The molecule has 1 aliphatic carbocycles. The highest BCUT2D eigenvalue weighted by atomic mass is 16.5. The summed E-state index contributed by atoms with van der Waals surface area (Å²) in [4.78, 5) is 24.7. The zero-order valence-corrected chi connectivity index (χ0v) is 18.6. The van der Waals surface area contributed by atoms with E-state index in [1.165, 1.54) is 6.42 Å². The van der Waals surface area contributed by atoms with E-state index < -0.39 is 0 Å². The van der Waals surface area contributed by atoms with E-state index in [2.05, 4.69) is 10.6 Å². The molecule has 0 heterocycles. The highest BCUT2D eigenvalue weighted by Crippen LogP contribution is 2.19. The molecule has 2 N–H and O–H groups in total. The van der Waals surface area contributed by atoms with Crippen molar-refractivity contribution in [2.75, 3.05) is 11.9 Å². The first kappa shape index (κ1) is 23.1. The Balaban J connectivity index is 1.58. The van der Waals surface area contributed by atoms with E-state index in [1.54, 1.807) is 30.3 Å². The third kappa shape index (κ3) is 6.71. The summed E-state index contributed by atoms with van der Waals surface area (Å²) in [6.07, 6.45) is 6.86. The van der Waals surface area contributed by atoms with Gasteiger partial charge in [-0.1, -0.05) is 37.5 Å². The Kier molecular flexibility index (Phi) is 8.04. The van der Waals surface area contributed by atoms with E-state index in [0.717, 1.165) is 42.5 Å². The predicted molar refractivity (Wildman–Crippen MR) is 125 cm³/mol. The molecular formula is C26H29N3O3. The number of carbonyl (C=O) groups excluding carboxylic acids is 2. The number of benzene rings is 2. The van der Waals surface area contributed by atoms with Crippen molar-refractivity contribution in [1.82, 2.24) is 5.32 Å². The number of nitrogens with zero attached hydrogens (tertiary/aromatic N) is 1. The smallest absolute Gasteiger partial charge is 0.262 e. The van der Waals surface area contributed by atoms with E-state index in [1.807, 2.05) is 38.1 Å². The van der Waals surface area contributed by atoms with Gasteiger partial charge in [0.1, 0.15) is 17.4 Å². The van der Waals surface area contributed by atoms with Crippen molar-refractivity contribution < 1.29 is 14.3 Å². The molecule has 0 spiro atoms. The molecule has 6 nitrogen and oxygen atoms in total. The molecule has 0 saturated heterocycles. The van der Waals surface area contributed by atoms with Crippen molar-refractivity contribution in [2.45, 2.75) is 52.0 Å². The summed E-state index contributed by atoms with van der Waals surface area (Å²) in [6, 6.07) is 14.8. The molecule has 0 bridgehead atoms. The Labute approximate surface area is 189 Å². The second-order valence-corrected chi connectivity index (χ2v) is 8.19. The molecule has 0 atom stereocenters. The molecular weight excluding hydrogens is 402 g/mol. The van der Waals surface area contributed by atoms with Gasteiger partial charge in [-0.25, -0.2) is 0 Å². The molecule has 0 aromatic heterocycles. The van der Waals surface area contributed by atoms with Gasteiger partial charge in [-0.2, -0.15) is 5.26 Å². The van der Waals surface area contributed by atoms with Gasteiger partial charge in [0, 0.05) is 11.7 Å². The summed E-state index contributed by atoms with van der Waals surface area (Å²) in [5, 5.41) is 15.2. The van der Waals surface area contributed by atoms with Crippen molar-refractivity contribution >= 4 is 23.6 Å². The minimum absolute atomic E-state index is 0.0557. The van der Waals surface area contributed by atoms with Crippen LogP contribution in [0.4, 0.5) is 5.69 Å². The lowest BCUT2D eigenvalue weighted by Gasteiger charge is -2.22. The lowest BCUT2D eigenvalue weighted by molar-refractivity contribution is -0.118. The van der Waals surface area contributed by atoms with Crippen molar-refractivity contribution in [3.63, 3.8) is 0 Å². The van der Waals surface area contributed by atoms with Crippen LogP contribution in [0.25, 0.3) is 6.08 Å². The highest BCUT2D eigenvalue weighted by molar-refractivity contribution is 6.01. The maximum atomic E-state index is 12.5. The second kappa shape index (κ2) is 11.1. The Morgan fingerprint density at radius 2 is 1.88 bits per heavy atom. The van der Waals surface area contributed by atoms with Crippen LogP contribution in [0.5, 0.6) is 5.75 Å². The number of rotatable bonds is 7. The van der Waals surface area contributed by atoms with Crippen LogP contribution in [0.1, 0.15) is 48.8 Å². The first-order valence-electron chi connectivity index (χ1n) is 11.0. The third-order valence-corrected chi connectivity index (χ3v) is 5.64. The normalized spacial score (nSPS) is 14.3. The standard InChI is InChI=1S/C26H29N3O3/c1-18-11-12-23(13-19(18)2)28-25(30)17-32-24-10-6-7-20(15-24)14-21(16-27)26(31)29-22-8-4-3-5-9-22/h6-7,10-15,22H,3-5,8-9,17H2,1-2H3,(H,28,30)(H,29,31). The largest absolute Gasteiger partial charge is 0.484 e. The van der Waals surface area contributed by atoms with Gasteiger partial charge in [-0.3, -0.25) is 9.59 Å². The van der Waals surface area contributed by atoms with Crippen molar-refractivity contribution in [2.24, 2.45) is 0 Å². The Hall–Kier alpha value is -3.59. The Morgan fingerprint density at radius 3 is 2.59 bits per heavy atom. The lowest BCUT2D eigenvalue weighted by Crippen LogP contribution is -2.36. The van der Waals surface area contributed by atoms with Crippen LogP contribution in [0.3, 0.4) is 0 Å². The number of carbonyl (C=O) groups is 2. The number of nitrogens with one attached hydrogen (secondary N) is 2. The van der Waals surface area contributed by atoms with Gasteiger partial charge in [0.25, 0.3) is 11.8 Å². The summed E-state index contributed by atoms with van der Waals surface area (Å²) in [7, 11) is 0. The number of aryl methyl sites for hydroxylation is 2. The molecule has 3 rings (SSSR count). The fourth-order valence-electron chi connectivity index (χ4n) is 3.68. The molecule has 6 heteroatoms. The number of ether oxygens (including phenoxy) is 1. The summed E-state index contributed by atoms with van der Waals surface area (Å²) < 4.78 is 5.61. The second-order valence-electron chi connectivity index (χ2n) is 8.19. The van der Waals surface area contributed by atoms with Gasteiger partial charge >= 0.3 is 0 Å². The van der Waals surface area contributed by atoms with Crippen molar-refractivity contribution in [1.29, 1.82) is 5.26 Å². The van der Waals surface area contributed by atoms with Crippen LogP contribution >= 0.6 is 0 Å². The van der Waals surface area contributed by atoms with Gasteiger partial charge in [0.05, 0.1) is 0 Å². The maximum absolute atomic E-state index is 12.5. The molecule has 1 saturated carbocycles. The summed E-state index contributed by atoms with van der Waals surface area (Å²) in [6.45, 7) is 3.86. The average Bonchev–Trinajstić information content (AvgIpc) is 2.79. The molecule has 32 heavy (non-hydrogen) atoms. The first-order valence-corrected chi connectivity index (χ1v) is 11.0. The zero-order chi connectivity index (χ0) is 22.9. The van der Waals surface area contributed by atoms with Crippen molar-refractivity contribution in [3.8, 4) is 11.8 Å². The number of anilines is 1. The molecule has 2 amide bonds. The van der Waals surface area contributed by atoms with Gasteiger partial charge in [-0.15, -0.1) is 0 Å². The maximum Gasteiger partial charge on any atom is 0.262 e. The summed E-state index contributed by atoms with van der Waals surface area (Å²) >= 11 is 0.